The number of thiazole rings is 1. The van der Waals surface area contributed by atoms with Crippen LogP contribution in [0.4, 0.5) is 0 Å². The van der Waals surface area contributed by atoms with E-state index in [0.717, 1.165) is 39.9 Å². The van der Waals surface area contributed by atoms with Crippen LogP contribution >= 0.6 is 22.7 Å². The Hall–Kier alpha value is -2.84. The highest BCUT2D eigenvalue weighted by Gasteiger charge is 2.22. The molecule has 4 heterocycles. The first kappa shape index (κ1) is 22.0. The summed E-state index contributed by atoms with van der Waals surface area (Å²) in [6, 6.07) is 6.18. The van der Waals surface area contributed by atoms with Crippen molar-refractivity contribution in [2.45, 2.75) is 45.6 Å². The summed E-state index contributed by atoms with van der Waals surface area (Å²) in [5.74, 6) is 0.609. The van der Waals surface area contributed by atoms with Crippen LogP contribution in [-0.2, 0) is 6.54 Å². The fourth-order valence-corrected chi connectivity index (χ4v) is 5.96. The van der Waals surface area contributed by atoms with E-state index in [0.29, 0.717) is 12.5 Å². The molecular weight excluding hydrogens is 450 g/mol. The van der Waals surface area contributed by atoms with E-state index in [1.807, 2.05) is 18.4 Å². The number of hydrogen-bond donors (Lipinski definition) is 1. The zero-order valence-corrected chi connectivity index (χ0v) is 20.3. The molecule has 4 aromatic rings. The second kappa shape index (κ2) is 9.97. The van der Waals surface area contributed by atoms with Gasteiger partial charge in [0.05, 0.1) is 29.7 Å². The predicted octanol–water partition coefficient (Wildman–Crippen LogP) is 5.80. The van der Waals surface area contributed by atoms with Gasteiger partial charge in [0.15, 0.2) is 0 Å². The van der Waals surface area contributed by atoms with Gasteiger partial charge in [0.1, 0.15) is 10.7 Å². The highest BCUT2D eigenvalue weighted by atomic mass is 32.1. The zero-order valence-electron chi connectivity index (χ0n) is 18.7. The van der Waals surface area contributed by atoms with Crippen LogP contribution in [0.25, 0.3) is 22.1 Å². The molecule has 0 saturated heterocycles. The molecule has 1 saturated carbocycles. The average Bonchev–Trinajstić information content (AvgIpc) is 3.61. The summed E-state index contributed by atoms with van der Waals surface area (Å²) in [5, 5.41) is 8.15. The molecule has 1 fully saturated rings. The Morgan fingerprint density at radius 2 is 2.06 bits per heavy atom. The smallest absolute Gasteiger partial charge is 0.253 e. The number of amides is 1. The first-order chi connectivity index (χ1) is 16.2. The molecule has 5 rings (SSSR count). The molecule has 0 aliphatic heterocycles. The number of aromatic nitrogens is 4. The summed E-state index contributed by atoms with van der Waals surface area (Å²) in [6.07, 6.45) is 11.4. The number of carbonyl (C=O) groups is 1. The summed E-state index contributed by atoms with van der Waals surface area (Å²) in [5.41, 5.74) is 4.26. The lowest BCUT2D eigenvalue weighted by atomic mass is 9.89. The Labute approximate surface area is 201 Å². The number of thiophene rings is 1. The fourth-order valence-electron chi connectivity index (χ4n) is 4.49. The maximum Gasteiger partial charge on any atom is 0.253 e. The lowest BCUT2D eigenvalue weighted by molar-refractivity contribution is 0.0943. The van der Waals surface area contributed by atoms with E-state index in [4.69, 9.17) is 4.98 Å². The van der Waals surface area contributed by atoms with E-state index in [-0.39, 0.29) is 5.91 Å². The van der Waals surface area contributed by atoms with Gasteiger partial charge in [-0.15, -0.1) is 22.7 Å². The van der Waals surface area contributed by atoms with Gasteiger partial charge >= 0.3 is 0 Å². The van der Waals surface area contributed by atoms with Crippen molar-refractivity contribution in [3.8, 4) is 22.1 Å². The average molecular weight is 478 g/mol. The van der Waals surface area contributed by atoms with Gasteiger partial charge in [0.2, 0.25) is 0 Å². The second-order valence-corrected chi connectivity index (χ2v) is 10.4. The van der Waals surface area contributed by atoms with Gasteiger partial charge in [-0.2, -0.15) is 0 Å². The number of nitrogens with zero attached hydrogens (tertiary/aromatic N) is 4. The lowest BCUT2D eigenvalue weighted by Crippen LogP contribution is -2.30. The monoisotopic (exact) mass is 477 g/mol. The van der Waals surface area contributed by atoms with Crippen LogP contribution in [0.1, 0.15) is 53.0 Å². The highest BCUT2D eigenvalue weighted by molar-refractivity contribution is 7.13. The third-order valence-corrected chi connectivity index (χ3v) is 8.06. The van der Waals surface area contributed by atoms with Crippen molar-refractivity contribution in [1.29, 1.82) is 0 Å². The largest absolute Gasteiger partial charge is 0.352 e. The molecule has 0 radical (unpaired) electrons. The Kier molecular flexibility index (Phi) is 6.64. The Morgan fingerprint density at radius 3 is 2.82 bits per heavy atom. The van der Waals surface area contributed by atoms with Crippen molar-refractivity contribution in [2.24, 2.45) is 5.92 Å². The van der Waals surface area contributed by atoms with E-state index in [1.165, 1.54) is 37.0 Å². The molecule has 0 aromatic carbocycles. The first-order valence-electron chi connectivity index (χ1n) is 11.4. The molecular formula is C25H27N5OS2. The Balaban J connectivity index is 1.44. The van der Waals surface area contributed by atoms with Crippen LogP contribution in [-0.4, -0.2) is 32.0 Å². The number of rotatable bonds is 7. The Morgan fingerprint density at radius 1 is 1.18 bits per heavy atom. The van der Waals surface area contributed by atoms with Gasteiger partial charge in [0.25, 0.3) is 5.91 Å². The van der Waals surface area contributed by atoms with Crippen LogP contribution in [0.2, 0.25) is 0 Å². The second-order valence-electron chi connectivity index (χ2n) is 8.54. The number of carbonyl (C=O) groups excluding carboxylic acids is 1. The van der Waals surface area contributed by atoms with E-state index in [9.17, 15) is 4.79 Å². The number of hydrogen-bond acceptors (Lipinski definition) is 6. The molecule has 1 N–H and O–H groups in total. The van der Waals surface area contributed by atoms with Crippen molar-refractivity contribution < 1.29 is 4.79 Å². The molecule has 0 bridgehead atoms. The van der Waals surface area contributed by atoms with E-state index < -0.39 is 0 Å². The molecule has 0 atom stereocenters. The van der Waals surface area contributed by atoms with Crippen molar-refractivity contribution in [3.63, 3.8) is 0 Å². The third kappa shape index (κ3) is 4.91. The maximum atomic E-state index is 13.2. The molecule has 0 unspecified atom stereocenters. The van der Waals surface area contributed by atoms with Gasteiger partial charge in [-0.05, 0) is 43.2 Å². The molecule has 33 heavy (non-hydrogen) atoms. The van der Waals surface area contributed by atoms with Crippen LogP contribution in [0, 0.1) is 12.8 Å². The molecule has 1 aliphatic carbocycles. The summed E-state index contributed by atoms with van der Waals surface area (Å²) < 4.78 is 2.21. The first-order valence-corrected chi connectivity index (χ1v) is 13.2. The molecule has 6 nitrogen and oxygen atoms in total. The zero-order chi connectivity index (χ0) is 22.6. The molecule has 1 amide bonds. The van der Waals surface area contributed by atoms with E-state index in [2.05, 4.69) is 37.4 Å². The molecule has 8 heteroatoms. The predicted molar refractivity (Wildman–Crippen MR) is 134 cm³/mol. The normalized spacial score (nSPS) is 14.5. The standard InChI is InChI=1S/C25H27N5OS2/c1-17-20(24(31)28-13-18-6-3-2-4-7-18)12-23(30(17)15-19-8-5-11-32-19)22-16-33-25(29-22)21-14-26-9-10-27-21/h5,8-12,14,16,18H,2-4,6-7,13,15H2,1H3,(H,28,31). The van der Waals surface area contributed by atoms with E-state index in [1.54, 1.807) is 41.3 Å². The van der Waals surface area contributed by atoms with E-state index >= 15 is 0 Å². The van der Waals surface area contributed by atoms with Gasteiger partial charge in [0, 0.05) is 34.9 Å². The van der Waals surface area contributed by atoms with Crippen LogP contribution in [0.5, 0.6) is 0 Å². The van der Waals surface area contributed by atoms with Crippen LogP contribution < -0.4 is 5.32 Å². The minimum Gasteiger partial charge on any atom is -0.352 e. The molecule has 4 aromatic heterocycles. The summed E-state index contributed by atoms with van der Waals surface area (Å²) in [6.45, 7) is 3.51. The quantitative estimate of drug-likeness (QED) is 0.365. The summed E-state index contributed by atoms with van der Waals surface area (Å²) >= 11 is 3.26. The minimum absolute atomic E-state index is 0.00799. The topological polar surface area (TPSA) is 72.7 Å². The van der Waals surface area contributed by atoms with Crippen LogP contribution in [0.3, 0.4) is 0 Å². The van der Waals surface area contributed by atoms with Gasteiger partial charge < -0.3 is 9.88 Å². The van der Waals surface area contributed by atoms with Gasteiger partial charge in [-0.3, -0.25) is 14.8 Å². The maximum absolute atomic E-state index is 13.2. The van der Waals surface area contributed by atoms with Crippen molar-refractivity contribution in [2.75, 3.05) is 6.54 Å². The SMILES string of the molecule is Cc1c(C(=O)NCC2CCCCC2)cc(-c2csc(-c3cnccn3)n2)n1Cc1cccs1. The summed E-state index contributed by atoms with van der Waals surface area (Å²) in [7, 11) is 0. The van der Waals surface area contributed by atoms with Crippen molar-refractivity contribution >= 4 is 28.6 Å². The molecule has 1 aliphatic rings. The fraction of sp³-hybridized carbons (Fsp3) is 0.360. The summed E-state index contributed by atoms with van der Waals surface area (Å²) in [4.78, 5) is 27.8. The lowest BCUT2D eigenvalue weighted by Gasteiger charge is -2.21. The third-order valence-electron chi connectivity index (χ3n) is 6.33. The molecule has 170 valence electrons. The highest BCUT2D eigenvalue weighted by Crippen LogP contribution is 2.32. The van der Waals surface area contributed by atoms with Crippen LogP contribution in [0.15, 0.2) is 47.5 Å². The van der Waals surface area contributed by atoms with Crippen molar-refractivity contribution in [1.82, 2.24) is 24.8 Å². The van der Waals surface area contributed by atoms with Crippen molar-refractivity contribution in [3.05, 3.63) is 63.7 Å². The molecule has 0 spiro atoms. The number of nitrogens with one attached hydrogen (secondary N) is 1. The van der Waals surface area contributed by atoms with Gasteiger partial charge in [-0.1, -0.05) is 25.3 Å². The minimum atomic E-state index is 0.00799. The Bertz CT molecular complexity index is 1210. The van der Waals surface area contributed by atoms with Gasteiger partial charge in [-0.25, -0.2) is 4.98 Å².